The molecule has 0 aliphatic heterocycles. The van der Waals surface area contributed by atoms with Gasteiger partial charge in [0.15, 0.2) is 0 Å². The maximum Gasteiger partial charge on any atom is 0.0931 e. The molecule has 4 heteroatoms. The normalized spacial score (nSPS) is 13.3. The Hall–Kier alpha value is -0.0900. The van der Waals surface area contributed by atoms with E-state index in [1.165, 1.54) is 4.88 Å². The number of halogens is 1. The molecule has 2 N–H and O–H groups in total. The van der Waals surface area contributed by atoms with Gasteiger partial charge in [-0.1, -0.05) is 18.5 Å². The summed E-state index contributed by atoms with van der Waals surface area (Å²) in [5, 5.41) is 0. The van der Waals surface area contributed by atoms with Crippen LogP contribution >= 0.6 is 22.9 Å². The molecule has 1 aromatic heterocycles. The van der Waals surface area contributed by atoms with E-state index in [1.54, 1.807) is 11.3 Å². The molecule has 0 radical (unpaired) electrons. The number of hydrogen-bond donors (Lipinski definition) is 1. The first kappa shape index (κ1) is 14.0. The van der Waals surface area contributed by atoms with Crippen LogP contribution in [0.15, 0.2) is 12.1 Å². The van der Waals surface area contributed by atoms with Gasteiger partial charge in [-0.3, -0.25) is 0 Å². The van der Waals surface area contributed by atoms with Crippen molar-refractivity contribution in [3.05, 3.63) is 21.3 Å². The van der Waals surface area contributed by atoms with Gasteiger partial charge < -0.3 is 10.6 Å². The van der Waals surface area contributed by atoms with E-state index in [0.717, 1.165) is 36.8 Å². The third kappa shape index (κ3) is 5.30. The van der Waals surface area contributed by atoms with Crippen LogP contribution in [0.4, 0.5) is 0 Å². The van der Waals surface area contributed by atoms with Gasteiger partial charge in [-0.05, 0) is 44.5 Å². The van der Waals surface area contributed by atoms with Crippen molar-refractivity contribution in [3.8, 4) is 0 Å². The van der Waals surface area contributed by atoms with Gasteiger partial charge in [-0.25, -0.2) is 0 Å². The number of hydrogen-bond acceptors (Lipinski definition) is 3. The standard InChI is InChI=1S/C12H21ClN2S/c1-10(5-7-14)9-15(2)8-6-11-3-4-12(13)16-11/h3-4,10H,5-9,14H2,1-2H3. The molecule has 2 nitrogen and oxygen atoms in total. The zero-order chi connectivity index (χ0) is 12.0. The molecule has 0 aliphatic rings. The highest BCUT2D eigenvalue weighted by molar-refractivity contribution is 7.16. The first-order valence-electron chi connectivity index (χ1n) is 5.74. The molecule has 1 aromatic rings. The average Bonchev–Trinajstić information content (AvgIpc) is 2.61. The second-order valence-electron chi connectivity index (χ2n) is 4.40. The average molecular weight is 261 g/mol. The predicted molar refractivity (Wildman–Crippen MR) is 73.4 cm³/mol. The molecule has 1 unspecified atom stereocenters. The lowest BCUT2D eigenvalue weighted by molar-refractivity contribution is 0.283. The van der Waals surface area contributed by atoms with Gasteiger partial charge in [0, 0.05) is 18.0 Å². The number of nitrogens with zero attached hydrogens (tertiary/aromatic N) is 1. The van der Waals surface area contributed by atoms with E-state index in [2.05, 4.69) is 24.9 Å². The highest BCUT2D eigenvalue weighted by Gasteiger charge is 2.06. The Bertz CT molecular complexity index is 301. The summed E-state index contributed by atoms with van der Waals surface area (Å²) in [5.74, 6) is 0.682. The van der Waals surface area contributed by atoms with Crippen LogP contribution in [0.3, 0.4) is 0 Å². The Morgan fingerprint density at radius 2 is 2.25 bits per heavy atom. The lowest BCUT2D eigenvalue weighted by Crippen LogP contribution is -2.27. The quantitative estimate of drug-likeness (QED) is 0.817. The zero-order valence-electron chi connectivity index (χ0n) is 10.1. The minimum Gasteiger partial charge on any atom is -0.330 e. The van der Waals surface area contributed by atoms with Crippen molar-refractivity contribution in [1.29, 1.82) is 0 Å². The van der Waals surface area contributed by atoms with Crippen LogP contribution < -0.4 is 5.73 Å². The molecule has 0 fully saturated rings. The molecular formula is C12H21ClN2S. The molecule has 0 saturated carbocycles. The second-order valence-corrected chi connectivity index (χ2v) is 6.20. The molecular weight excluding hydrogens is 240 g/mol. The van der Waals surface area contributed by atoms with Crippen molar-refractivity contribution in [3.63, 3.8) is 0 Å². The summed E-state index contributed by atoms with van der Waals surface area (Å²) in [6.45, 7) is 5.25. The highest BCUT2D eigenvalue weighted by atomic mass is 35.5. The molecule has 0 saturated heterocycles. The van der Waals surface area contributed by atoms with Gasteiger partial charge in [0.25, 0.3) is 0 Å². The Morgan fingerprint density at radius 1 is 1.50 bits per heavy atom. The maximum absolute atomic E-state index is 5.89. The maximum atomic E-state index is 5.89. The molecule has 0 amide bonds. The largest absolute Gasteiger partial charge is 0.330 e. The summed E-state index contributed by atoms with van der Waals surface area (Å²) >= 11 is 7.57. The molecule has 0 spiro atoms. The number of rotatable bonds is 7. The van der Waals surface area contributed by atoms with Crippen LogP contribution in [0.25, 0.3) is 0 Å². The zero-order valence-corrected chi connectivity index (χ0v) is 11.7. The van der Waals surface area contributed by atoms with E-state index in [1.807, 2.05) is 6.07 Å². The van der Waals surface area contributed by atoms with E-state index in [9.17, 15) is 0 Å². The Balaban J connectivity index is 2.22. The van der Waals surface area contributed by atoms with E-state index in [0.29, 0.717) is 5.92 Å². The van der Waals surface area contributed by atoms with Crippen LogP contribution in [0, 0.1) is 5.92 Å². The van der Waals surface area contributed by atoms with Gasteiger partial charge in [-0.2, -0.15) is 0 Å². The molecule has 1 atom stereocenters. The molecule has 0 bridgehead atoms. The SMILES string of the molecule is CC(CCN)CN(C)CCc1ccc(Cl)s1. The first-order chi connectivity index (χ1) is 7.61. The fraction of sp³-hybridized carbons (Fsp3) is 0.667. The van der Waals surface area contributed by atoms with Gasteiger partial charge >= 0.3 is 0 Å². The summed E-state index contributed by atoms with van der Waals surface area (Å²) in [5.41, 5.74) is 5.54. The number of likely N-dealkylation sites (N-methyl/N-ethyl adjacent to an activating group) is 1. The summed E-state index contributed by atoms with van der Waals surface area (Å²) in [6.07, 6.45) is 2.19. The van der Waals surface area contributed by atoms with Crippen molar-refractivity contribution in [1.82, 2.24) is 4.90 Å². The lowest BCUT2D eigenvalue weighted by Gasteiger charge is -2.20. The van der Waals surface area contributed by atoms with Crippen LogP contribution in [0.1, 0.15) is 18.2 Å². The van der Waals surface area contributed by atoms with E-state index >= 15 is 0 Å². The highest BCUT2D eigenvalue weighted by Crippen LogP contribution is 2.21. The second kappa shape index (κ2) is 7.28. The summed E-state index contributed by atoms with van der Waals surface area (Å²) in [6, 6.07) is 4.09. The van der Waals surface area contributed by atoms with E-state index in [-0.39, 0.29) is 0 Å². The van der Waals surface area contributed by atoms with Gasteiger partial charge in [0.2, 0.25) is 0 Å². The van der Waals surface area contributed by atoms with Crippen LogP contribution in [0.2, 0.25) is 4.34 Å². The first-order valence-corrected chi connectivity index (χ1v) is 6.94. The molecule has 0 aliphatic carbocycles. The molecule has 92 valence electrons. The molecule has 1 rings (SSSR count). The molecule has 0 aromatic carbocycles. The Morgan fingerprint density at radius 3 is 2.81 bits per heavy atom. The number of nitrogens with two attached hydrogens (primary N) is 1. The topological polar surface area (TPSA) is 29.3 Å². The van der Waals surface area contributed by atoms with Crippen LogP contribution in [-0.2, 0) is 6.42 Å². The van der Waals surface area contributed by atoms with Crippen molar-refractivity contribution in [2.24, 2.45) is 11.7 Å². The fourth-order valence-electron chi connectivity index (χ4n) is 1.79. The smallest absolute Gasteiger partial charge is 0.0931 e. The Kier molecular flexibility index (Phi) is 6.36. The minimum atomic E-state index is 0.682. The Labute approximate surface area is 107 Å². The molecule has 1 heterocycles. The third-order valence-electron chi connectivity index (χ3n) is 2.65. The minimum absolute atomic E-state index is 0.682. The van der Waals surface area contributed by atoms with Crippen LogP contribution in [0.5, 0.6) is 0 Å². The lowest BCUT2D eigenvalue weighted by atomic mass is 10.1. The van der Waals surface area contributed by atoms with Crippen molar-refractivity contribution in [2.75, 3.05) is 26.7 Å². The summed E-state index contributed by atoms with van der Waals surface area (Å²) < 4.78 is 0.883. The van der Waals surface area contributed by atoms with Gasteiger partial charge in [-0.15, -0.1) is 11.3 Å². The van der Waals surface area contributed by atoms with E-state index < -0.39 is 0 Å². The third-order valence-corrected chi connectivity index (χ3v) is 3.94. The van der Waals surface area contributed by atoms with Crippen molar-refractivity contribution in [2.45, 2.75) is 19.8 Å². The van der Waals surface area contributed by atoms with E-state index in [4.69, 9.17) is 17.3 Å². The van der Waals surface area contributed by atoms with Gasteiger partial charge in [0.05, 0.1) is 4.34 Å². The van der Waals surface area contributed by atoms with Crippen LogP contribution in [-0.4, -0.2) is 31.6 Å². The summed E-state index contributed by atoms with van der Waals surface area (Å²) in [7, 11) is 2.17. The fourth-order valence-corrected chi connectivity index (χ4v) is 2.86. The van der Waals surface area contributed by atoms with Gasteiger partial charge in [0.1, 0.15) is 0 Å². The monoisotopic (exact) mass is 260 g/mol. The number of thiophene rings is 1. The van der Waals surface area contributed by atoms with Crippen molar-refractivity contribution >= 4 is 22.9 Å². The summed E-state index contributed by atoms with van der Waals surface area (Å²) in [4.78, 5) is 3.73. The molecule has 16 heavy (non-hydrogen) atoms. The van der Waals surface area contributed by atoms with Crippen molar-refractivity contribution < 1.29 is 0 Å². The predicted octanol–water partition coefficient (Wildman–Crippen LogP) is 2.86.